The molecule has 0 unspecified atom stereocenters. The molecule has 1 aliphatic rings. The number of hydrogen-bond donors (Lipinski definition) is 1. The summed E-state index contributed by atoms with van der Waals surface area (Å²) >= 11 is 0. The number of aryl methyl sites for hydroxylation is 1. The van der Waals surface area contributed by atoms with Gasteiger partial charge in [-0.05, 0) is 25.7 Å². The lowest BCUT2D eigenvalue weighted by Crippen LogP contribution is -2.15. The highest BCUT2D eigenvalue weighted by molar-refractivity contribution is 5.45. The van der Waals surface area contributed by atoms with Gasteiger partial charge in [-0.25, -0.2) is 0 Å². The number of ether oxygens (including phenoxy) is 1. The van der Waals surface area contributed by atoms with E-state index in [0.29, 0.717) is 11.7 Å². The summed E-state index contributed by atoms with van der Waals surface area (Å²) in [5.74, 6) is 1.23. The molecule has 14 heavy (non-hydrogen) atoms. The van der Waals surface area contributed by atoms with Crippen molar-refractivity contribution in [2.45, 2.75) is 25.7 Å². The lowest BCUT2D eigenvalue weighted by molar-refractivity contribution is 0.0853. The van der Waals surface area contributed by atoms with Crippen LogP contribution in [-0.4, -0.2) is 23.0 Å². The summed E-state index contributed by atoms with van der Waals surface area (Å²) in [6.45, 7) is 3.77. The Morgan fingerprint density at radius 1 is 1.43 bits per heavy atom. The summed E-state index contributed by atoms with van der Waals surface area (Å²) in [4.78, 5) is 0. The van der Waals surface area contributed by atoms with Crippen LogP contribution < -0.4 is 5.73 Å². The highest BCUT2D eigenvalue weighted by Gasteiger charge is 2.22. The molecule has 0 radical (unpaired) electrons. The summed E-state index contributed by atoms with van der Waals surface area (Å²) in [6.07, 6.45) is 2.13. The maximum absolute atomic E-state index is 5.90. The largest absolute Gasteiger partial charge is 0.382 e. The summed E-state index contributed by atoms with van der Waals surface area (Å²) < 4.78 is 7.20. The normalized spacial score (nSPS) is 18.7. The van der Waals surface area contributed by atoms with Gasteiger partial charge in [0, 0.05) is 31.5 Å². The van der Waals surface area contributed by atoms with Crippen LogP contribution in [0.5, 0.6) is 0 Å². The van der Waals surface area contributed by atoms with Crippen LogP contribution in [0.25, 0.3) is 0 Å². The quantitative estimate of drug-likeness (QED) is 0.732. The van der Waals surface area contributed by atoms with E-state index >= 15 is 0 Å². The molecule has 1 aromatic heterocycles. The first-order chi connectivity index (χ1) is 6.70. The third-order valence-corrected chi connectivity index (χ3v) is 3.04. The molecule has 0 spiro atoms. The molecular formula is C10H17N3O. The number of nitrogen functional groups attached to an aromatic ring is 1. The minimum Gasteiger partial charge on any atom is -0.382 e. The van der Waals surface area contributed by atoms with E-state index in [2.05, 4.69) is 12.0 Å². The van der Waals surface area contributed by atoms with Crippen LogP contribution >= 0.6 is 0 Å². The predicted octanol–water partition coefficient (Wildman–Crippen LogP) is 1.20. The monoisotopic (exact) mass is 195 g/mol. The maximum Gasteiger partial charge on any atom is 0.149 e. The Morgan fingerprint density at radius 3 is 2.57 bits per heavy atom. The molecule has 2 N–H and O–H groups in total. The number of nitrogens with zero attached hydrogens (tertiary/aromatic N) is 2. The Bertz CT molecular complexity index is 326. The van der Waals surface area contributed by atoms with Gasteiger partial charge in [-0.3, -0.25) is 4.68 Å². The summed E-state index contributed by atoms with van der Waals surface area (Å²) in [7, 11) is 1.94. The fraction of sp³-hybridized carbons (Fsp3) is 0.700. The van der Waals surface area contributed by atoms with Crippen molar-refractivity contribution in [3.63, 3.8) is 0 Å². The van der Waals surface area contributed by atoms with Gasteiger partial charge in [0.2, 0.25) is 0 Å². The lowest BCUT2D eigenvalue weighted by atomic mass is 9.91. The van der Waals surface area contributed by atoms with Crippen molar-refractivity contribution in [1.82, 2.24) is 9.78 Å². The van der Waals surface area contributed by atoms with Crippen molar-refractivity contribution in [1.29, 1.82) is 0 Å². The van der Waals surface area contributed by atoms with Crippen LogP contribution in [0.2, 0.25) is 0 Å². The van der Waals surface area contributed by atoms with Crippen LogP contribution in [0.15, 0.2) is 0 Å². The minimum atomic E-state index is 0.539. The third kappa shape index (κ3) is 1.50. The molecule has 2 heterocycles. The number of nitrogens with two attached hydrogens (primary N) is 1. The smallest absolute Gasteiger partial charge is 0.149 e. The van der Waals surface area contributed by atoms with E-state index in [1.807, 2.05) is 11.7 Å². The van der Waals surface area contributed by atoms with E-state index in [-0.39, 0.29) is 0 Å². The number of rotatable bonds is 1. The first-order valence-electron chi connectivity index (χ1n) is 5.07. The predicted molar refractivity (Wildman–Crippen MR) is 55.2 cm³/mol. The van der Waals surface area contributed by atoms with Gasteiger partial charge >= 0.3 is 0 Å². The maximum atomic E-state index is 5.90. The van der Waals surface area contributed by atoms with Gasteiger partial charge < -0.3 is 10.5 Å². The van der Waals surface area contributed by atoms with Gasteiger partial charge in [-0.2, -0.15) is 5.10 Å². The third-order valence-electron chi connectivity index (χ3n) is 3.04. The van der Waals surface area contributed by atoms with E-state index in [1.165, 1.54) is 11.3 Å². The molecule has 4 heteroatoms. The van der Waals surface area contributed by atoms with Gasteiger partial charge in [0.05, 0.1) is 0 Å². The average molecular weight is 195 g/mol. The Kier molecular flexibility index (Phi) is 2.46. The number of anilines is 1. The van der Waals surface area contributed by atoms with Crippen LogP contribution in [0.1, 0.15) is 30.0 Å². The van der Waals surface area contributed by atoms with E-state index < -0.39 is 0 Å². The Morgan fingerprint density at radius 2 is 2.07 bits per heavy atom. The molecule has 4 nitrogen and oxygen atoms in total. The molecule has 0 atom stereocenters. The molecular weight excluding hydrogens is 178 g/mol. The number of hydrogen-bond acceptors (Lipinski definition) is 3. The van der Waals surface area contributed by atoms with Gasteiger partial charge in [0.15, 0.2) is 0 Å². The van der Waals surface area contributed by atoms with E-state index in [4.69, 9.17) is 10.5 Å². The van der Waals surface area contributed by atoms with Gasteiger partial charge in [0.25, 0.3) is 0 Å². The summed E-state index contributed by atoms with van der Waals surface area (Å²) in [5.41, 5.74) is 8.32. The van der Waals surface area contributed by atoms with E-state index in [0.717, 1.165) is 26.1 Å². The molecule has 0 amide bonds. The van der Waals surface area contributed by atoms with E-state index in [9.17, 15) is 0 Å². The average Bonchev–Trinajstić information content (AvgIpc) is 2.43. The zero-order chi connectivity index (χ0) is 10.1. The fourth-order valence-electron chi connectivity index (χ4n) is 2.14. The molecule has 1 aliphatic heterocycles. The Balaban J connectivity index is 2.29. The van der Waals surface area contributed by atoms with Crippen molar-refractivity contribution in [2.24, 2.45) is 7.05 Å². The van der Waals surface area contributed by atoms with Gasteiger partial charge in [-0.1, -0.05) is 0 Å². The van der Waals surface area contributed by atoms with Crippen molar-refractivity contribution >= 4 is 5.82 Å². The molecule has 1 saturated heterocycles. The van der Waals surface area contributed by atoms with Crippen LogP contribution in [0.4, 0.5) is 5.82 Å². The molecule has 0 bridgehead atoms. The topological polar surface area (TPSA) is 53.1 Å². The standard InChI is InChI=1S/C10H17N3O/c1-7-9(10(11)12-13(7)2)8-3-5-14-6-4-8/h8H,3-6H2,1-2H3,(H2,11,12). The second-order valence-electron chi connectivity index (χ2n) is 3.89. The molecule has 0 aliphatic carbocycles. The minimum absolute atomic E-state index is 0.539. The second-order valence-corrected chi connectivity index (χ2v) is 3.89. The summed E-state index contributed by atoms with van der Waals surface area (Å²) in [6, 6.07) is 0. The van der Waals surface area contributed by atoms with Crippen molar-refractivity contribution in [3.05, 3.63) is 11.3 Å². The molecule has 0 aromatic carbocycles. The van der Waals surface area contributed by atoms with Crippen molar-refractivity contribution < 1.29 is 4.74 Å². The molecule has 0 saturated carbocycles. The Hall–Kier alpha value is -1.03. The lowest BCUT2D eigenvalue weighted by Gasteiger charge is -2.22. The molecule has 78 valence electrons. The van der Waals surface area contributed by atoms with Crippen LogP contribution in [-0.2, 0) is 11.8 Å². The second kappa shape index (κ2) is 3.61. The van der Waals surface area contributed by atoms with Crippen LogP contribution in [0, 0.1) is 6.92 Å². The molecule has 1 aromatic rings. The molecule has 1 fully saturated rings. The highest BCUT2D eigenvalue weighted by Crippen LogP contribution is 2.32. The SMILES string of the molecule is Cc1c(C2CCOCC2)c(N)nn1C. The van der Waals surface area contributed by atoms with Crippen molar-refractivity contribution in [2.75, 3.05) is 18.9 Å². The zero-order valence-electron chi connectivity index (χ0n) is 8.79. The highest BCUT2D eigenvalue weighted by atomic mass is 16.5. The Labute approximate surface area is 84.0 Å². The van der Waals surface area contributed by atoms with E-state index in [1.54, 1.807) is 0 Å². The van der Waals surface area contributed by atoms with Gasteiger partial charge in [0.1, 0.15) is 5.82 Å². The van der Waals surface area contributed by atoms with Crippen molar-refractivity contribution in [3.8, 4) is 0 Å². The summed E-state index contributed by atoms with van der Waals surface area (Å²) in [5, 5.41) is 4.24. The number of aromatic nitrogens is 2. The van der Waals surface area contributed by atoms with Crippen LogP contribution in [0.3, 0.4) is 0 Å². The zero-order valence-corrected chi connectivity index (χ0v) is 8.79. The first kappa shape index (κ1) is 9.52. The van der Waals surface area contributed by atoms with Gasteiger partial charge in [-0.15, -0.1) is 0 Å². The first-order valence-corrected chi connectivity index (χ1v) is 5.07. The fourth-order valence-corrected chi connectivity index (χ4v) is 2.14. The molecule has 2 rings (SSSR count).